The van der Waals surface area contributed by atoms with E-state index in [4.69, 9.17) is 5.11 Å². The lowest BCUT2D eigenvalue weighted by molar-refractivity contribution is -0.146. The molecule has 1 unspecified atom stereocenters. The molecule has 0 radical (unpaired) electrons. The number of hydrogen-bond acceptors (Lipinski definition) is 4. The van der Waals surface area contributed by atoms with Crippen molar-refractivity contribution in [1.29, 1.82) is 0 Å². The zero-order valence-electron chi connectivity index (χ0n) is 9.78. The summed E-state index contributed by atoms with van der Waals surface area (Å²) < 4.78 is 0. The standard InChI is InChI=1S/C12H15NO4S/c14-11(15)8-1-4-13(5-2-8)10(12(16)17)9-3-6-18-7-9/h3,6-8,10H,1-2,4-5H2,(H,14,15)(H,16,17). The SMILES string of the molecule is O=C(O)C1CCN(C(C(=O)O)c2ccsc2)CC1. The van der Waals surface area contributed by atoms with Crippen LogP contribution in [0, 0.1) is 5.92 Å². The Balaban J connectivity index is 2.06. The fraction of sp³-hybridized carbons (Fsp3) is 0.500. The Hall–Kier alpha value is -1.40. The zero-order valence-corrected chi connectivity index (χ0v) is 10.6. The molecule has 0 saturated carbocycles. The minimum atomic E-state index is -0.873. The summed E-state index contributed by atoms with van der Waals surface area (Å²) >= 11 is 1.47. The van der Waals surface area contributed by atoms with Crippen LogP contribution in [0.25, 0.3) is 0 Å². The van der Waals surface area contributed by atoms with Crippen LogP contribution in [0.5, 0.6) is 0 Å². The summed E-state index contributed by atoms with van der Waals surface area (Å²) in [6, 6.07) is 1.17. The van der Waals surface area contributed by atoms with Gasteiger partial charge in [0.25, 0.3) is 0 Å². The first-order chi connectivity index (χ1) is 8.59. The van der Waals surface area contributed by atoms with E-state index in [0.717, 1.165) is 5.56 Å². The molecular weight excluding hydrogens is 254 g/mol. The number of carbonyl (C=O) groups is 2. The number of carboxylic acids is 2. The highest BCUT2D eigenvalue weighted by molar-refractivity contribution is 7.08. The van der Waals surface area contributed by atoms with Crippen molar-refractivity contribution >= 4 is 23.3 Å². The maximum Gasteiger partial charge on any atom is 0.325 e. The molecule has 0 amide bonds. The molecule has 0 bridgehead atoms. The molecule has 18 heavy (non-hydrogen) atoms. The van der Waals surface area contributed by atoms with Crippen LogP contribution in [-0.4, -0.2) is 40.1 Å². The summed E-state index contributed by atoms with van der Waals surface area (Å²) in [5, 5.41) is 21.9. The van der Waals surface area contributed by atoms with E-state index in [-0.39, 0.29) is 5.92 Å². The first kappa shape index (κ1) is 13.0. The van der Waals surface area contributed by atoms with E-state index in [1.807, 2.05) is 21.7 Å². The van der Waals surface area contributed by atoms with Gasteiger partial charge in [-0.1, -0.05) is 0 Å². The number of nitrogens with zero attached hydrogens (tertiary/aromatic N) is 1. The van der Waals surface area contributed by atoms with Crippen molar-refractivity contribution in [2.45, 2.75) is 18.9 Å². The molecule has 2 N–H and O–H groups in total. The number of aliphatic carboxylic acids is 2. The van der Waals surface area contributed by atoms with Gasteiger partial charge in [-0.25, -0.2) is 0 Å². The van der Waals surface area contributed by atoms with Gasteiger partial charge in [-0.2, -0.15) is 11.3 Å². The quantitative estimate of drug-likeness (QED) is 0.869. The smallest absolute Gasteiger partial charge is 0.325 e. The Morgan fingerprint density at radius 2 is 2.00 bits per heavy atom. The molecule has 1 saturated heterocycles. The predicted molar refractivity (Wildman–Crippen MR) is 66.6 cm³/mol. The van der Waals surface area contributed by atoms with Gasteiger partial charge in [0.2, 0.25) is 0 Å². The molecule has 0 spiro atoms. The highest BCUT2D eigenvalue weighted by Crippen LogP contribution is 2.28. The van der Waals surface area contributed by atoms with E-state index in [0.29, 0.717) is 25.9 Å². The molecule has 5 nitrogen and oxygen atoms in total. The normalized spacial score (nSPS) is 19.6. The van der Waals surface area contributed by atoms with Gasteiger partial charge in [0, 0.05) is 13.1 Å². The van der Waals surface area contributed by atoms with Crippen LogP contribution >= 0.6 is 11.3 Å². The Bertz CT molecular complexity index is 423. The predicted octanol–water partition coefficient (Wildman–Crippen LogP) is 1.67. The third kappa shape index (κ3) is 2.70. The minimum Gasteiger partial charge on any atom is -0.481 e. The number of carboxylic acid groups (broad SMARTS) is 2. The molecule has 1 fully saturated rings. The van der Waals surface area contributed by atoms with Crippen LogP contribution in [0.3, 0.4) is 0 Å². The van der Waals surface area contributed by atoms with Crippen molar-refractivity contribution in [3.05, 3.63) is 22.4 Å². The molecule has 1 aromatic heterocycles. The number of rotatable bonds is 4. The molecule has 1 atom stereocenters. The third-order valence-corrected chi connectivity index (χ3v) is 4.04. The summed E-state index contributed by atoms with van der Waals surface area (Å²) in [6.45, 7) is 1.04. The molecule has 6 heteroatoms. The second kappa shape index (κ2) is 5.49. The zero-order chi connectivity index (χ0) is 13.1. The fourth-order valence-corrected chi connectivity index (χ4v) is 3.02. The van der Waals surface area contributed by atoms with Crippen LogP contribution in [0.2, 0.25) is 0 Å². The van der Waals surface area contributed by atoms with Crippen molar-refractivity contribution in [1.82, 2.24) is 4.90 Å². The number of likely N-dealkylation sites (tertiary alicyclic amines) is 1. The van der Waals surface area contributed by atoms with Crippen LogP contribution in [0.4, 0.5) is 0 Å². The summed E-state index contributed by atoms with van der Waals surface area (Å²) in [7, 11) is 0. The van der Waals surface area contributed by atoms with Gasteiger partial charge in [0.05, 0.1) is 5.92 Å². The first-order valence-corrected chi connectivity index (χ1v) is 6.75. The van der Waals surface area contributed by atoms with Crippen molar-refractivity contribution in [2.75, 3.05) is 13.1 Å². The van der Waals surface area contributed by atoms with Crippen LogP contribution < -0.4 is 0 Å². The van der Waals surface area contributed by atoms with Crippen LogP contribution in [0.1, 0.15) is 24.4 Å². The van der Waals surface area contributed by atoms with Crippen molar-refractivity contribution in [3.8, 4) is 0 Å². The highest BCUT2D eigenvalue weighted by Gasteiger charge is 2.32. The van der Waals surface area contributed by atoms with Gasteiger partial charge in [-0.05, 0) is 35.2 Å². The van der Waals surface area contributed by atoms with Gasteiger partial charge in [0.1, 0.15) is 6.04 Å². The second-order valence-corrected chi connectivity index (χ2v) is 5.23. The summed E-state index contributed by atoms with van der Waals surface area (Å²) in [5.41, 5.74) is 0.779. The molecule has 1 aliphatic rings. The molecule has 2 rings (SSSR count). The Kier molecular flexibility index (Phi) is 3.98. The summed E-state index contributed by atoms with van der Waals surface area (Å²) in [6.07, 6.45) is 1.03. The van der Waals surface area contributed by atoms with Gasteiger partial charge in [-0.15, -0.1) is 0 Å². The van der Waals surface area contributed by atoms with E-state index in [9.17, 15) is 14.7 Å². The molecule has 1 aromatic rings. The second-order valence-electron chi connectivity index (χ2n) is 4.45. The van der Waals surface area contributed by atoms with E-state index in [2.05, 4.69) is 0 Å². The Morgan fingerprint density at radius 1 is 1.33 bits per heavy atom. The third-order valence-electron chi connectivity index (χ3n) is 3.34. The lowest BCUT2D eigenvalue weighted by Crippen LogP contribution is -2.41. The van der Waals surface area contributed by atoms with E-state index >= 15 is 0 Å². The maximum absolute atomic E-state index is 11.4. The lowest BCUT2D eigenvalue weighted by atomic mass is 9.95. The largest absolute Gasteiger partial charge is 0.481 e. The first-order valence-electron chi connectivity index (χ1n) is 5.81. The van der Waals surface area contributed by atoms with Gasteiger partial charge >= 0.3 is 11.9 Å². The van der Waals surface area contributed by atoms with Crippen LogP contribution in [0.15, 0.2) is 16.8 Å². The average molecular weight is 269 g/mol. The van der Waals surface area contributed by atoms with Gasteiger partial charge in [-0.3, -0.25) is 14.5 Å². The van der Waals surface area contributed by atoms with Crippen LogP contribution in [-0.2, 0) is 9.59 Å². The topological polar surface area (TPSA) is 77.8 Å². The maximum atomic E-state index is 11.4. The molecule has 98 valence electrons. The van der Waals surface area contributed by atoms with E-state index < -0.39 is 18.0 Å². The number of piperidine rings is 1. The monoisotopic (exact) mass is 269 g/mol. The van der Waals surface area contributed by atoms with Crippen molar-refractivity contribution in [2.24, 2.45) is 5.92 Å². The Morgan fingerprint density at radius 3 is 2.44 bits per heavy atom. The van der Waals surface area contributed by atoms with E-state index in [1.165, 1.54) is 11.3 Å². The number of thiophene rings is 1. The average Bonchev–Trinajstić information content (AvgIpc) is 2.83. The van der Waals surface area contributed by atoms with E-state index in [1.54, 1.807) is 0 Å². The lowest BCUT2D eigenvalue weighted by Gasteiger charge is -2.34. The summed E-state index contributed by atoms with van der Waals surface area (Å²) in [5.74, 6) is -1.99. The van der Waals surface area contributed by atoms with Crippen molar-refractivity contribution < 1.29 is 19.8 Å². The minimum absolute atomic E-state index is 0.335. The van der Waals surface area contributed by atoms with Crippen molar-refractivity contribution in [3.63, 3.8) is 0 Å². The number of hydrogen-bond donors (Lipinski definition) is 2. The molecular formula is C12H15NO4S. The Labute approximate surface area is 109 Å². The molecule has 1 aliphatic heterocycles. The molecule has 0 aromatic carbocycles. The van der Waals surface area contributed by atoms with Gasteiger partial charge in [0.15, 0.2) is 0 Å². The molecule has 2 heterocycles. The highest BCUT2D eigenvalue weighted by atomic mass is 32.1. The van der Waals surface area contributed by atoms with Gasteiger partial charge < -0.3 is 10.2 Å². The molecule has 0 aliphatic carbocycles. The summed E-state index contributed by atoms with van der Waals surface area (Å²) in [4.78, 5) is 24.1. The fourth-order valence-electron chi connectivity index (χ4n) is 2.34.